The number of hydrogen-bond donors (Lipinski definition) is 0. The van der Waals surface area contributed by atoms with Crippen molar-refractivity contribution in [2.75, 3.05) is 27.2 Å². The van der Waals surface area contributed by atoms with Gasteiger partial charge in [0, 0.05) is 31.3 Å². The third-order valence-corrected chi connectivity index (χ3v) is 6.10. The molecule has 0 fully saturated rings. The Morgan fingerprint density at radius 2 is 1.08 bits per heavy atom. The molecule has 0 atom stereocenters. The molecule has 4 aromatic rings. The van der Waals surface area contributed by atoms with Gasteiger partial charge in [-0.25, -0.2) is 0 Å². The summed E-state index contributed by atoms with van der Waals surface area (Å²) in [5.41, 5.74) is 5.55. The van der Waals surface area contributed by atoms with E-state index in [4.69, 9.17) is 9.47 Å². The first-order valence-corrected chi connectivity index (χ1v) is 13.0. The largest absolute Gasteiger partial charge is 0.492 e. The molecule has 0 bridgehead atoms. The molecule has 200 valence electrons. The highest BCUT2D eigenvalue weighted by atomic mass is 16.5. The topological polar surface area (TPSA) is 64.6 Å². The summed E-state index contributed by atoms with van der Waals surface area (Å²) in [6, 6.07) is 23.9. The van der Waals surface area contributed by atoms with E-state index < -0.39 is 5.41 Å². The number of ether oxygens (including phenoxy) is 2. The van der Waals surface area contributed by atoms with Crippen molar-refractivity contribution in [2.24, 2.45) is 5.41 Å². The Balaban J connectivity index is 1.83. The summed E-state index contributed by atoms with van der Waals surface area (Å²) in [7, 11) is 4.05. The summed E-state index contributed by atoms with van der Waals surface area (Å²) in [5.74, 6) is 1.06. The molecule has 0 aliphatic rings. The van der Waals surface area contributed by atoms with E-state index in [-0.39, 0.29) is 5.97 Å². The highest BCUT2D eigenvalue weighted by Gasteiger charge is 2.24. The van der Waals surface area contributed by atoms with E-state index in [0.29, 0.717) is 12.4 Å². The maximum Gasteiger partial charge on any atom is 0.316 e. The normalized spacial score (nSPS) is 11.2. The zero-order valence-electron chi connectivity index (χ0n) is 23.2. The van der Waals surface area contributed by atoms with Crippen molar-refractivity contribution in [1.29, 1.82) is 0 Å². The first kappa shape index (κ1) is 27.7. The second-order valence-electron chi connectivity index (χ2n) is 10.6. The fourth-order valence-corrected chi connectivity index (χ4v) is 3.96. The SMILES string of the molecule is CN(C)CCOc1ccc(C(=C(c2ccncc2)c2ccncc2)c2ccc(OC(=O)C(C)(C)C)cc2)cc1. The van der Waals surface area contributed by atoms with Crippen LogP contribution in [0.3, 0.4) is 0 Å². The van der Waals surface area contributed by atoms with Crippen LogP contribution in [-0.4, -0.2) is 48.1 Å². The monoisotopic (exact) mass is 521 g/mol. The van der Waals surface area contributed by atoms with Gasteiger partial charge in [0.15, 0.2) is 0 Å². The average Bonchev–Trinajstić information content (AvgIpc) is 2.93. The van der Waals surface area contributed by atoms with E-state index in [1.54, 1.807) is 24.8 Å². The van der Waals surface area contributed by atoms with Gasteiger partial charge < -0.3 is 14.4 Å². The molecule has 0 saturated heterocycles. The second kappa shape index (κ2) is 12.5. The van der Waals surface area contributed by atoms with Gasteiger partial charge in [-0.15, -0.1) is 0 Å². The molecule has 0 radical (unpaired) electrons. The van der Waals surface area contributed by atoms with Gasteiger partial charge in [-0.05, 0) is 117 Å². The predicted molar refractivity (Wildman–Crippen MR) is 156 cm³/mol. The van der Waals surface area contributed by atoms with Crippen molar-refractivity contribution in [3.63, 3.8) is 0 Å². The predicted octanol–water partition coefficient (Wildman–Crippen LogP) is 6.38. The Labute approximate surface area is 231 Å². The Morgan fingerprint density at radius 3 is 1.49 bits per heavy atom. The summed E-state index contributed by atoms with van der Waals surface area (Å²) in [5, 5.41) is 0. The summed E-state index contributed by atoms with van der Waals surface area (Å²) >= 11 is 0. The number of hydrogen-bond acceptors (Lipinski definition) is 6. The molecule has 2 aromatic carbocycles. The zero-order valence-corrected chi connectivity index (χ0v) is 23.2. The van der Waals surface area contributed by atoms with Crippen LogP contribution in [0.4, 0.5) is 0 Å². The number of rotatable bonds is 9. The van der Waals surface area contributed by atoms with E-state index in [2.05, 4.69) is 27.0 Å². The summed E-state index contributed by atoms with van der Waals surface area (Å²) < 4.78 is 11.6. The quantitative estimate of drug-likeness (QED) is 0.188. The van der Waals surface area contributed by atoms with Crippen LogP contribution < -0.4 is 9.47 Å². The summed E-state index contributed by atoms with van der Waals surface area (Å²) in [6.07, 6.45) is 7.19. The van der Waals surface area contributed by atoms with Gasteiger partial charge in [-0.1, -0.05) is 24.3 Å². The first-order valence-electron chi connectivity index (χ1n) is 13.0. The molecule has 2 heterocycles. The lowest BCUT2D eigenvalue weighted by molar-refractivity contribution is -0.142. The lowest BCUT2D eigenvalue weighted by Crippen LogP contribution is -2.25. The van der Waals surface area contributed by atoms with Crippen molar-refractivity contribution in [3.05, 3.63) is 120 Å². The van der Waals surface area contributed by atoms with Crippen LogP contribution >= 0.6 is 0 Å². The lowest BCUT2D eigenvalue weighted by atomic mass is 9.86. The molecule has 39 heavy (non-hydrogen) atoms. The van der Waals surface area contributed by atoms with Gasteiger partial charge in [0.05, 0.1) is 5.41 Å². The standard InChI is InChI=1S/C33H35N3O3/c1-33(2,3)32(37)39-29-12-8-25(9-13-29)30(24-6-10-28(11-7-24)38-23-22-36(4)5)31(26-14-18-34-19-15-26)27-16-20-35-21-17-27/h6-21H,22-23H2,1-5H3. The number of esters is 1. The minimum absolute atomic E-state index is 0.273. The van der Waals surface area contributed by atoms with Crippen molar-refractivity contribution >= 4 is 17.1 Å². The molecule has 4 rings (SSSR count). The molecule has 2 aromatic heterocycles. The fourth-order valence-electron chi connectivity index (χ4n) is 3.96. The van der Waals surface area contributed by atoms with Gasteiger partial charge in [0.25, 0.3) is 0 Å². The number of carbonyl (C=O) groups is 1. The highest BCUT2D eigenvalue weighted by molar-refractivity contribution is 6.04. The van der Waals surface area contributed by atoms with E-state index in [0.717, 1.165) is 45.7 Å². The maximum absolute atomic E-state index is 12.4. The zero-order chi connectivity index (χ0) is 27.8. The maximum atomic E-state index is 12.4. The molecule has 0 N–H and O–H groups in total. The first-order chi connectivity index (χ1) is 18.7. The van der Waals surface area contributed by atoms with E-state index in [9.17, 15) is 4.79 Å². The Hall–Kier alpha value is -4.29. The molecule has 0 spiro atoms. The Morgan fingerprint density at radius 1 is 0.667 bits per heavy atom. The third kappa shape index (κ3) is 7.39. The molecule has 0 unspecified atom stereocenters. The molecule has 0 saturated carbocycles. The molecule has 6 nitrogen and oxygen atoms in total. The molecular weight excluding hydrogens is 486 g/mol. The van der Waals surface area contributed by atoms with E-state index >= 15 is 0 Å². The second-order valence-corrected chi connectivity index (χ2v) is 10.6. The van der Waals surface area contributed by atoms with Crippen molar-refractivity contribution < 1.29 is 14.3 Å². The number of aromatic nitrogens is 2. The van der Waals surface area contributed by atoms with Crippen LogP contribution in [0.1, 0.15) is 43.0 Å². The Kier molecular flexibility index (Phi) is 8.89. The highest BCUT2D eigenvalue weighted by Crippen LogP contribution is 2.37. The number of likely N-dealkylation sites (N-methyl/N-ethyl adjacent to an activating group) is 1. The van der Waals surface area contributed by atoms with Crippen molar-refractivity contribution in [2.45, 2.75) is 20.8 Å². The molecule has 0 amide bonds. The van der Waals surface area contributed by atoms with Gasteiger partial charge in [-0.2, -0.15) is 0 Å². The van der Waals surface area contributed by atoms with Crippen LogP contribution in [0.15, 0.2) is 97.6 Å². The van der Waals surface area contributed by atoms with Crippen LogP contribution in [0.5, 0.6) is 11.5 Å². The third-order valence-electron chi connectivity index (χ3n) is 6.10. The van der Waals surface area contributed by atoms with Gasteiger partial charge >= 0.3 is 5.97 Å². The van der Waals surface area contributed by atoms with Crippen LogP contribution in [-0.2, 0) is 4.79 Å². The number of pyridine rings is 2. The lowest BCUT2D eigenvalue weighted by Gasteiger charge is -2.19. The van der Waals surface area contributed by atoms with Crippen LogP contribution in [0, 0.1) is 5.41 Å². The molecular formula is C33H35N3O3. The smallest absolute Gasteiger partial charge is 0.316 e. The van der Waals surface area contributed by atoms with Crippen LogP contribution in [0.2, 0.25) is 0 Å². The molecule has 6 heteroatoms. The fraction of sp³-hybridized carbons (Fsp3) is 0.242. The van der Waals surface area contributed by atoms with Crippen molar-refractivity contribution in [1.82, 2.24) is 14.9 Å². The molecule has 0 aliphatic carbocycles. The number of benzene rings is 2. The molecule has 0 aliphatic heterocycles. The summed E-state index contributed by atoms with van der Waals surface area (Å²) in [6.45, 7) is 6.98. The van der Waals surface area contributed by atoms with Gasteiger partial charge in [0.1, 0.15) is 18.1 Å². The minimum Gasteiger partial charge on any atom is -0.492 e. The number of nitrogens with zero attached hydrogens (tertiary/aromatic N) is 3. The Bertz CT molecular complexity index is 1350. The van der Waals surface area contributed by atoms with Gasteiger partial charge in [0.2, 0.25) is 0 Å². The minimum atomic E-state index is -0.587. The van der Waals surface area contributed by atoms with Crippen LogP contribution in [0.25, 0.3) is 11.1 Å². The number of carbonyl (C=O) groups excluding carboxylic acids is 1. The van der Waals surface area contributed by atoms with Crippen molar-refractivity contribution in [3.8, 4) is 11.5 Å². The average molecular weight is 522 g/mol. The van der Waals surface area contributed by atoms with Gasteiger partial charge in [-0.3, -0.25) is 14.8 Å². The summed E-state index contributed by atoms with van der Waals surface area (Å²) in [4.78, 5) is 23.0. The van der Waals surface area contributed by atoms with E-state index in [1.807, 2.05) is 95.5 Å². The van der Waals surface area contributed by atoms with E-state index in [1.165, 1.54) is 0 Å².